The average molecular weight is 330 g/mol. The average Bonchev–Trinajstić information content (AvgIpc) is 3.14. The van der Waals surface area contributed by atoms with Crippen molar-refractivity contribution in [2.24, 2.45) is 0 Å². The Morgan fingerprint density at radius 2 is 2.21 bits per heavy atom. The van der Waals surface area contributed by atoms with Crippen LogP contribution in [0.3, 0.4) is 0 Å². The van der Waals surface area contributed by atoms with E-state index in [-0.39, 0.29) is 11.9 Å². The van der Waals surface area contributed by atoms with E-state index in [9.17, 15) is 4.79 Å². The van der Waals surface area contributed by atoms with E-state index in [1.165, 1.54) is 5.69 Å². The molecule has 3 heterocycles. The first-order valence-electron chi connectivity index (χ1n) is 8.49. The smallest absolute Gasteiger partial charge is 0.258 e. The van der Waals surface area contributed by atoms with E-state index in [1.54, 1.807) is 12.3 Å². The highest BCUT2D eigenvalue weighted by Crippen LogP contribution is 2.28. The van der Waals surface area contributed by atoms with Crippen molar-refractivity contribution in [3.05, 3.63) is 41.4 Å². The summed E-state index contributed by atoms with van der Waals surface area (Å²) in [5.41, 5.74) is 1.85. The van der Waals surface area contributed by atoms with Gasteiger partial charge in [-0.25, -0.2) is 4.98 Å². The maximum atomic E-state index is 12.8. The van der Waals surface area contributed by atoms with E-state index in [2.05, 4.69) is 35.3 Å². The Kier molecular flexibility index (Phi) is 4.49. The van der Waals surface area contributed by atoms with Gasteiger partial charge >= 0.3 is 0 Å². The van der Waals surface area contributed by atoms with Gasteiger partial charge in [-0.05, 0) is 40.8 Å². The third-order valence-electron chi connectivity index (χ3n) is 5.02. The molecule has 1 aliphatic heterocycles. The highest BCUT2D eigenvalue weighted by atomic mass is 16.3. The highest BCUT2D eigenvalue weighted by Gasteiger charge is 2.32. The lowest BCUT2D eigenvalue weighted by Crippen LogP contribution is -2.42. The lowest BCUT2D eigenvalue weighted by molar-refractivity contribution is 0.0633. The Labute approximate surface area is 143 Å². The zero-order valence-corrected chi connectivity index (χ0v) is 15.1. The number of rotatable bonds is 4. The quantitative estimate of drug-likeness (QED) is 0.865. The van der Waals surface area contributed by atoms with Crippen LogP contribution in [0.1, 0.15) is 54.4 Å². The molecule has 0 radical (unpaired) electrons. The summed E-state index contributed by atoms with van der Waals surface area (Å²) in [7, 11) is 2.12. The molecular weight excluding hydrogens is 304 g/mol. The number of carbonyl (C=O) groups is 1. The first-order valence-corrected chi connectivity index (χ1v) is 8.49. The summed E-state index contributed by atoms with van der Waals surface area (Å²) in [5.74, 6) is 1.65. The zero-order chi connectivity index (χ0) is 17.4. The van der Waals surface area contributed by atoms with Gasteiger partial charge in [-0.2, -0.15) is 0 Å². The minimum atomic E-state index is -0.0429. The Bertz CT molecular complexity index is 731. The number of nitrogens with zero attached hydrogens (tertiary/aromatic N) is 4. The lowest BCUT2D eigenvalue weighted by Gasteiger charge is -2.34. The molecule has 0 spiro atoms. The Morgan fingerprint density at radius 1 is 1.46 bits per heavy atom. The Hall–Kier alpha value is -2.08. The van der Waals surface area contributed by atoms with Gasteiger partial charge in [0.25, 0.3) is 5.91 Å². The fourth-order valence-electron chi connectivity index (χ4n) is 3.16. The second kappa shape index (κ2) is 6.43. The monoisotopic (exact) mass is 330 g/mol. The number of carbonyl (C=O) groups excluding carboxylic acids is 1. The van der Waals surface area contributed by atoms with E-state index < -0.39 is 0 Å². The number of aryl methyl sites for hydroxylation is 1. The SMILES string of the molecule is Cc1occc1C(=O)N1CCn2c(CN(C)C(C)C)cnc2C1C. The molecule has 0 aliphatic carbocycles. The number of aromatic nitrogens is 2. The van der Waals surface area contributed by atoms with Crippen LogP contribution < -0.4 is 0 Å². The third-order valence-corrected chi connectivity index (χ3v) is 5.02. The van der Waals surface area contributed by atoms with Crippen molar-refractivity contribution >= 4 is 5.91 Å². The number of hydrogen-bond acceptors (Lipinski definition) is 4. The minimum absolute atomic E-state index is 0.0175. The summed E-state index contributed by atoms with van der Waals surface area (Å²) in [6, 6.07) is 2.19. The predicted molar refractivity (Wildman–Crippen MR) is 91.7 cm³/mol. The summed E-state index contributed by atoms with van der Waals surface area (Å²) in [6.45, 7) is 10.6. The normalized spacial score (nSPS) is 17.6. The molecule has 1 aliphatic rings. The van der Waals surface area contributed by atoms with Crippen molar-refractivity contribution in [1.82, 2.24) is 19.4 Å². The van der Waals surface area contributed by atoms with E-state index in [4.69, 9.17) is 4.42 Å². The van der Waals surface area contributed by atoms with Crippen LogP contribution in [0.15, 0.2) is 22.9 Å². The van der Waals surface area contributed by atoms with Crippen LogP contribution >= 0.6 is 0 Å². The van der Waals surface area contributed by atoms with Crippen LogP contribution in [0, 0.1) is 6.92 Å². The van der Waals surface area contributed by atoms with Crippen LogP contribution in [0.2, 0.25) is 0 Å². The van der Waals surface area contributed by atoms with Gasteiger partial charge in [0.15, 0.2) is 0 Å². The van der Waals surface area contributed by atoms with Crippen molar-refractivity contribution in [2.75, 3.05) is 13.6 Å². The topological polar surface area (TPSA) is 54.5 Å². The van der Waals surface area contributed by atoms with Crippen molar-refractivity contribution in [2.45, 2.75) is 52.9 Å². The van der Waals surface area contributed by atoms with Gasteiger partial charge in [-0.3, -0.25) is 9.69 Å². The maximum absolute atomic E-state index is 12.8. The molecule has 1 unspecified atom stereocenters. The van der Waals surface area contributed by atoms with E-state index in [1.807, 2.05) is 24.9 Å². The molecule has 1 atom stereocenters. The van der Waals surface area contributed by atoms with E-state index in [0.29, 0.717) is 23.9 Å². The van der Waals surface area contributed by atoms with Crippen LogP contribution in [-0.2, 0) is 13.1 Å². The second-order valence-electron chi connectivity index (χ2n) is 6.83. The van der Waals surface area contributed by atoms with Gasteiger partial charge < -0.3 is 13.9 Å². The van der Waals surface area contributed by atoms with Gasteiger partial charge in [0.1, 0.15) is 11.6 Å². The zero-order valence-electron chi connectivity index (χ0n) is 15.1. The molecule has 3 rings (SSSR count). The third kappa shape index (κ3) is 2.86. The van der Waals surface area contributed by atoms with Crippen molar-refractivity contribution in [1.29, 1.82) is 0 Å². The van der Waals surface area contributed by atoms with Gasteiger partial charge in [-0.1, -0.05) is 0 Å². The number of furan rings is 1. The number of fused-ring (bicyclic) bond motifs is 1. The van der Waals surface area contributed by atoms with Gasteiger partial charge in [0.2, 0.25) is 0 Å². The number of imidazole rings is 1. The van der Waals surface area contributed by atoms with E-state index >= 15 is 0 Å². The molecule has 0 aromatic carbocycles. The van der Waals surface area contributed by atoms with Crippen molar-refractivity contribution in [3.8, 4) is 0 Å². The van der Waals surface area contributed by atoms with Crippen molar-refractivity contribution in [3.63, 3.8) is 0 Å². The Morgan fingerprint density at radius 3 is 2.83 bits per heavy atom. The molecule has 0 saturated carbocycles. The van der Waals surface area contributed by atoms with Gasteiger partial charge in [-0.15, -0.1) is 0 Å². The molecule has 24 heavy (non-hydrogen) atoms. The molecular formula is C18H26N4O2. The fourth-order valence-corrected chi connectivity index (χ4v) is 3.16. The van der Waals surface area contributed by atoms with Gasteiger partial charge in [0.05, 0.1) is 23.6 Å². The number of amides is 1. The standard InChI is InChI=1S/C18H26N4O2/c1-12(2)20(5)11-15-10-19-17-13(3)21(7-8-22(15)17)18(23)16-6-9-24-14(16)4/h6,9-10,12-13H,7-8,11H2,1-5H3. The molecule has 2 aromatic heterocycles. The minimum Gasteiger partial charge on any atom is -0.469 e. The van der Waals surface area contributed by atoms with Gasteiger partial charge in [0, 0.05) is 31.9 Å². The molecule has 1 amide bonds. The van der Waals surface area contributed by atoms with Crippen LogP contribution in [0.25, 0.3) is 0 Å². The fraction of sp³-hybridized carbons (Fsp3) is 0.556. The summed E-state index contributed by atoms with van der Waals surface area (Å²) < 4.78 is 7.54. The van der Waals surface area contributed by atoms with Crippen LogP contribution in [0.5, 0.6) is 0 Å². The summed E-state index contributed by atoms with van der Waals surface area (Å²) in [5, 5.41) is 0. The molecule has 0 N–H and O–H groups in total. The first-order chi connectivity index (χ1) is 11.4. The lowest BCUT2D eigenvalue weighted by atomic mass is 10.1. The molecule has 0 saturated heterocycles. The maximum Gasteiger partial charge on any atom is 0.258 e. The molecule has 2 aromatic rings. The predicted octanol–water partition coefficient (Wildman–Crippen LogP) is 2.84. The molecule has 6 heteroatoms. The van der Waals surface area contributed by atoms with Crippen LogP contribution in [-0.4, -0.2) is 44.9 Å². The summed E-state index contributed by atoms with van der Waals surface area (Å²) in [6.07, 6.45) is 3.51. The number of hydrogen-bond donors (Lipinski definition) is 0. The largest absolute Gasteiger partial charge is 0.469 e. The molecule has 0 fully saturated rings. The molecule has 130 valence electrons. The Balaban J connectivity index is 1.82. The molecule has 0 bridgehead atoms. The van der Waals surface area contributed by atoms with Crippen LogP contribution in [0.4, 0.5) is 0 Å². The highest BCUT2D eigenvalue weighted by molar-refractivity contribution is 5.95. The van der Waals surface area contributed by atoms with Crippen molar-refractivity contribution < 1.29 is 9.21 Å². The second-order valence-corrected chi connectivity index (χ2v) is 6.83. The van der Waals surface area contributed by atoms with E-state index in [0.717, 1.165) is 18.9 Å². The molecule has 6 nitrogen and oxygen atoms in total. The summed E-state index contributed by atoms with van der Waals surface area (Å²) in [4.78, 5) is 21.6. The summed E-state index contributed by atoms with van der Waals surface area (Å²) >= 11 is 0. The first kappa shape index (κ1) is 16.8.